The number of aryl methyl sites for hydroxylation is 2. The Balaban J connectivity index is 2.24. The molecular weight excluding hydrogens is 276 g/mol. The molecule has 0 aliphatic rings. The maximum absolute atomic E-state index is 11.1. The second-order valence-corrected chi connectivity index (χ2v) is 5.13. The zero-order valence-electron chi connectivity index (χ0n) is 11.3. The van der Waals surface area contributed by atoms with Crippen molar-refractivity contribution in [1.82, 2.24) is 0 Å². The van der Waals surface area contributed by atoms with Gasteiger partial charge in [-0.2, -0.15) is 0 Å². The van der Waals surface area contributed by atoms with Crippen LogP contribution in [0.15, 0.2) is 36.4 Å². The molecule has 1 N–H and O–H groups in total. The van der Waals surface area contributed by atoms with Crippen LogP contribution < -0.4 is 5.32 Å². The van der Waals surface area contributed by atoms with Crippen molar-refractivity contribution < 1.29 is 4.92 Å². The molecule has 0 bridgehead atoms. The summed E-state index contributed by atoms with van der Waals surface area (Å²) in [5, 5.41) is 14.9. The molecule has 0 saturated heterocycles. The first kappa shape index (κ1) is 14.3. The maximum atomic E-state index is 11.1. The molecule has 4 nitrogen and oxygen atoms in total. The molecule has 0 amide bonds. The molecule has 0 unspecified atom stereocenters. The molecule has 0 fully saturated rings. The summed E-state index contributed by atoms with van der Waals surface area (Å²) in [6.45, 7) is 4.29. The van der Waals surface area contributed by atoms with Crippen LogP contribution in [-0.2, 0) is 6.54 Å². The molecule has 2 aromatic carbocycles. The molecule has 0 spiro atoms. The van der Waals surface area contributed by atoms with Crippen molar-refractivity contribution in [2.24, 2.45) is 0 Å². The van der Waals surface area contributed by atoms with Gasteiger partial charge in [-0.05, 0) is 48.7 Å². The fourth-order valence-electron chi connectivity index (χ4n) is 1.94. The average molecular weight is 291 g/mol. The number of anilines is 1. The van der Waals surface area contributed by atoms with Gasteiger partial charge in [-0.15, -0.1) is 0 Å². The molecule has 0 aromatic heterocycles. The predicted octanol–water partition coefficient (Wildman–Crippen LogP) is 4.48. The van der Waals surface area contributed by atoms with Crippen LogP contribution in [0.25, 0.3) is 0 Å². The van der Waals surface area contributed by atoms with Crippen molar-refractivity contribution >= 4 is 23.0 Å². The molecule has 0 saturated carbocycles. The summed E-state index contributed by atoms with van der Waals surface area (Å²) in [7, 11) is 0. The lowest BCUT2D eigenvalue weighted by molar-refractivity contribution is -0.384. The quantitative estimate of drug-likeness (QED) is 0.667. The van der Waals surface area contributed by atoms with Crippen LogP contribution in [0.2, 0.25) is 5.02 Å². The third-order valence-electron chi connectivity index (χ3n) is 3.18. The van der Waals surface area contributed by atoms with Crippen LogP contribution >= 0.6 is 11.6 Å². The Labute approximate surface area is 122 Å². The zero-order valence-corrected chi connectivity index (χ0v) is 12.1. The lowest BCUT2D eigenvalue weighted by Gasteiger charge is -2.10. The Hall–Kier alpha value is -2.07. The van der Waals surface area contributed by atoms with Gasteiger partial charge in [0.05, 0.1) is 4.92 Å². The van der Waals surface area contributed by atoms with E-state index in [9.17, 15) is 10.1 Å². The molecule has 20 heavy (non-hydrogen) atoms. The van der Waals surface area contributed by atoms with E-state index in [1.807, 2.05) is 32.0 Å². The summed E-state index contributed by atoms with van der Waals surface area (Å²) in [6.07, 6.45) is 0. The summed E-state index contributed by atoms with van der Waals surface area (Å²) in [4.78, 5) is 10.7. The summed E-state index contributed by atoms with van der Waals surface area (Å²) in [5.41, 5.74) is 3.52. The van der Waals surface area contributed by atoms with Gasteiger partial charge in [0.1, 0.15) is 5.69 Å². The number of rotatable bonds is 4. The van der Waals surface area contributed by atoms with Gasteiger partial charge in [0.25, 0.3) is 5.69 Å². The van der Waals surface area contributed by atoms with E-state index >= 15 is 0 Å². The van der Waals surface area contributed by atoms with E-state index in [2.05, 4.69) is 5.32 Å². The summed E-state index contributed by atoms with van der Waals surface area (Å²) in [5.74, 6) is 0. The SMILES string of the molecule is Cc1cc(NCc2cccc(Cl)c2)c([N+](=O)[O-])cc1C. The number of nitro groups is 1. The van der Waals surface area contributed by atoms with Crippen LogP contribution in [0.4, 0.5) is 11.4 Å². The number of nitro benzene ring substituents is 1. The standard InChI is InChI=1S/C15H15ClN2O2/c1-10-6-14(15(18(19)20)7-11(10)2)17-9-12-4-3-5-13(16)8-12/h3-8,17H,9H2,1-2H3. The Bertz CT molecular complexity index is 656. The summed E-state index contributed by atoms with van der Waals surface area (Å²) in [6, 6.07) is 10.8. The van der Waals surface area contributed by atoms with Gasteiger partial charge in [0.2, 0.25) is 0 Å². The van der Waals surface area contributed by atoms with Gasteiger partial charge in [-0.3, -0.25) is 10.1 Å². The van der Waals surface area contributed by atoms with Crippen molar-refractivity contribution in [3.63, 3.8) is 0 Å². The van der Waals surface area contributed by atoms with Crippen molar-refractivity contribution in [2.75, 3.05) is 5.32 Å². The number of halogens is 1. The van der Waals surface area contributed by atoms with E-state index in [4.69, 9.17) is 11.6 Å². The monoisotopic (exact) mass is 290 g/mol. The van der Waals surface area contributed by atoms with Crippen LogP contribution in [0.3, 0.4) is 0 Å². The lowest BCUT2D eigenvalue weighted by atomic mass is 10.1. The lowest BCUT2D eigenvalue weighted by Crippen LogP contribution is -2.03. The fourth-order valence-corrected chi connectivity index (χ4v) is 2.15. The first-order valence-electron chi connectivity index (χ1n) is 6.21. The highest BCUT2D eigenvalue weighted by Crippen LogP contribution is 2.28. The average Bonchev–Trinajstić information content (AvgIpc) is 2.39. The summed E-state index contributed by atoms with van der Waals surface area (Å²) < 4.78 is 0. The molecule has 104 valence electrons. The molecule has 2 rings (SSSR count). The molecule has 0 aliphatic heterocycles. The highest BCUT2D eigenvalue weighted by Gasteiger charge is 2.15. The van der Waals surface area contributed by atoms with E-state index in [0.717, 1.165) is 16.7 Å². The number of hydrogen-bond acceptors (Lipinski definition) is 3. The minimum atomic E-state index is -0.368. The second kappa shape index (κ2) is 5.92. The smallest absolute Gasteiger partial charge is 0.292 e. The van der Waals surface area contributed by atoms with E-state index in [0.29, 0.717) is 17.3 Å². The van der Waals surface area contributed by atoms with Crippen LogP contribution in [0.5, 0.6) is 0 Å². The molecule has 0 radical (unpaired) electrons. The van der Waals surface area contributed by atoms with Gasteiger partial charge in [0, 0.05) is 17.6 Å². The first-order valence-corrected chi connectivity index (χ1v) is 6.59. The molecule has 0 aliphatic carbocycles. The Kier molecular flexibility index (Phi) is 4.25. The maximum Gasteiger partial charge on any atom is 0.292 e. The van der Waals surface area contributed by atoms with Crippen molar-refractivity contribution in [3.8, 4) is 0 Å². The number of hydrogen-bond donors (Lipinski definition) is 1. The van der Waals surface area contributed by atoms with Crippen molar-refractivity contribution in [2.45, 2.75) is 20.4 Å². The number of benzene rings is 2. The van der Waals surface area contributed by atoms with Crippen LogP contribution in [0, 0.1) is 24.0 Å². The van der Waals surface area contributed by atoms with Gasteiger partial charge in [-0.25, -0.2) is 0 Å². The third-order valence-corrected chi connectivity index (χ3v) is 3.42. The second-order valence-electron chi connectivity index (χ2n) is 4.69. The minimum absolute atomic E-state index is 0.0927. The predicted molar refractivity (Wildman–Crippen MR) is 81.3 cm³/mol. The third kappa shape index (κ3) is 3.27. The first-order chi connectivity index (χ1) is 9.47. The van der Waals surface area contributed by atoms with E-state index in [-0.39, 0.29) is 10.6 Å². The largest absolute Gasteiger partial charge is 0.375 e. The number of nitrogens with one attached hydrogen (secondary N) is 1. The fraction of sp³-hybridized carbons (Fsp3) is 0.200. The normalized spacial score (nSPS) is 10.3. The highest BCUT2D eigenvalue weighted by atomic mass is 35.5. The molecule has 0 atom stereocenters. The molecule has 5 heteroatoms. The number of nitrogens with zero attached hydrogens (tertiary/aromatic N) is 1. The minimum Gasteiger partial charge on any atom is -0.375 e. The zero-order chi connectivity index (χ0) is 14.7. The molecule has 2 aromatic rings. The van der Waals surface area contributed by atoms with Gasteiger partial charge in [0.15, 0.2) is 0 Å². The topological polar surface area (TPSA) is 55.2 Å². The Morgan fingerprint density at radius 1 is 1.20 bits per heavy atom. The van der Waals surface area contributed by atoms with Gasteiger partial charge >= 0.3 is 0 Å². The van der Waals surface area contributed by atoms with Crippen LogP contribution in [-0.4, -0.2) is 4.92 Å². The van der Waals surface area contributed by atoms with E-state index < -0.39 is 0 Å². The summed E-state index contributed by atoms with van der Waals surface area (Å²) >= 11 is 5.92. The van der Waals surface area contributed by atoms with E-state index in [1.54, 1.807) is 18.2 Å². The Morgan fingerprint density at radius 3 is 2.55 bits per heavy atom. The van der Waals surface area contributed by atoms with Crippen LogP contribution in [0.1, 0.15) is 16.7 Å². The van der Waals surface area contributed by atoms with Crippen molar-refractivity contribution in [3.05, 3.63) is 68.2 Å². The Morgan fingerprint density at radius 2 is 1.90 bits per heavy atom. The molecule has 0 heterocycles. The molecular formula is C15H15ClN2O2. The van der Waals surface area contributed by atoms with Gasteiger partial charge < -0.3 is 5.32 Å². The van der Waals surface area contributed by atoms with E-state index in [1.165, 1.54) is 0 Å². The van der Waals surface area contributed by atoms with Crippen molar-refractivity contribution in [1.29, 1.82) is 0 Å². The highest BCUT2D eigenvalue weighted by molar-refractivity contribution is 6.30. The van der Waals surface area contributed by atoms with Gasteiger partial charge in [-0.1, -0.05) is 23.7 Å².